The number of aliphatic imine (C=N–C) groups is 1. The summed E-state index contributed by atoms with van der Waals surface area (Å²) in [5.41, 5.74) is 1.04. The standard InChI is InChI=1S/C19H27BrFN3O2.HI/c1-3-22-19(23-10-7-14-5-6-17(21)16(20)13-14)24-11-8-15(9-12-24)18(25)26-4-2;/h5-6,13,15H,3-4,7-12H2,1-2H3,(H,22,23);1H. The number of halogens is 3. The molecule has 27 heavy (non-hydrogen) atoms. The molecule has 152 valence electrons. The van der Waals surface area contributed by atoms with E-state index in [1.807, 2.05) is 13.8 Å². The normalized spacial score (nSPS) is 15.3. The number of carbonyl (C=O) groups is 1. The lowest BCUT2D eigenvalue weighted by Crippen LogP contribution is -2.46. The van der Waals surface area contributed by atoms with Gasteiger partial charge in [-0.3, -0.25) is 9.79 Å². The quantitative estimate of drug-likeness (QED) is 0.250. The second kappa shape index (κ2) is 12.5. The highest BCUT2D eigenvalue weighted by Gasteiger charge is 2.27. The molecule has 1 N–H and O–H groups in total. The third-order valence-electron chi connectivity index (χ3n) is 4.40. The second-order valence-corrected chi connectivity index (χ2v) is 7.10. The summed E-state index contributed by atoms with van der Waals surface area (Å²) < 4.78 is 18.9. The Morgan fingerprint density at radius 1 is 1.37 bits per heavy atom. The van der Waals surface area contributed by atoms with E-state index in [1.165, 1.54) is 6.07 Å². The summed E-state index contributed by atoms with van der Waals surface area (Å²) in [6, 6.07) is 5.05. The Hall–Kier alpha value is -0.900. The number of piperidine rings is 1. The third kappa shape index (κ3) is 7.56. The molecule has 0 aliphatic carbocycles. The number of carbonyl (C=O) groups excluding carboxylic acids is 1. The molecule has 0 amide bonds. The lowest BCUT2D eigenvalue weighted by Gasteiger charge is -2.33. The van der Waals surface area contributed by atoms with Gasteiger partial charge in [0.05, 0.1) is 17.0 Å². The summed E-state index contributed by atoms with van der Waals surface area (Å²) in [6.45, 7) is 7.30. The van der Waals surface area contributed by atoms with Crippen LogP contribution in [0.5, 0.6) is 0 Å². The van der Waals surface area contributed by atoms with E-state index in [0.29, 0.717) is 17.6 Å². The number of esters is 1. The minimum absolute atomic E-state index is 0. The minimum atomic E-state index is -0.255. The van der Waals surface area contributed by atoms with Gasteiger partial charge in [-0.1, -0.05) is 6.07 Å². The van der Waals surface area contributed by atoms with Gasteiger partial charge in [-0.05, 0) is 66.7 Å². The van der Waals surface area contributed by atoms with Gasteiger partial charge in [0.2, 0.25) is 0 Å². The van der Waals surface area contributed by atoms with E-state index >= 15 is 0 Å². The topological polar surface area (TPSA) is 53.9 Å². The van der Waals surface area contributed by atoms with Crippen LogP contribution in [0.15, 0.2) is 27.7 Å². The average Bonchev–Trinajstić information content (AvgIpc) is 2.64. The number of nitrogens with one attached hydrogen (secondary N) is 1. The molecule has 0 bridgehead atoms. The monoisotopic (exact) mass is 555 g/mol. The van der Waals surface area contributed by atoms with Gasteiger partial charge in [0.1, 0.15) is 5.82 Å². The molecule has 0 unspecified atom stereocenters. The second-order valence-electron chi connectivity index (χ2n) is 6.25. The van der Waals surface area contributed by atoms with Gasteiger partial charge in [0, 0.05) is 26.2 Å². The van der Waals surface area contributed by atoms with Crippen LogP contribution in [0.4, 0.5) is 4.39 Å². The zero-order valence-corrected chi connectivity index (χ0v) is 19.8. The maximum absolute atomic E-state index is 13.3. The lowest BCUT2D eigenvalue weighted by molar-refractivity contribution is -0.149. The third-order valence-corrected chi connectivity index (χ3v) is 5.00. The fourth-order valence-electron chi connectivity index (χ4n) is 3.00. The molecule has 1 aromatic rings. The van der Waals surface area contributed by atoms with Crippen molar-refractivity contribution in [3.63, 3.8) is 0 Å². The Kier molecular flexibility index (Phi) is 11.2. The first kappa shape index (κ1) is 24.1. The van der Waals surface area contributed by atoms with Crippen LogP contribution in [0.3, 0.4) is 0 Å². The van der Waals surface area contributed by atoms with Gasteiger partial charge in [0.15, 0.2) is 5.96 Å². The number of guanidine groups is 1. The number of benzene rings is 1. The van der Waals surface area contributed by atoms with E-state index in [0.717, 1.165) is 50.4 Å². The molecular weight excluding hydrogens is 528 g/mol. The van der Waals surface area contributed by atoms with Gasteiger partial charge < -0.3 is 15.0 Å². The van der Waals surface area contributed by atoms with Crippen LogP contribution >= 0.6 is 39.9 Å². The Morgan fingerprint density at radius 3 is 2.67 bits per heavy atom. The molecule has 1 fully saturated rings. The first-order valence-corrected chi connectivity index (χ1v) is 9.98. The van der Waals surface area contributed by atoms with Gasteiger partial charge in [0.25, 0.3) is 0 Å². The van der Waals surface area contributed by atoms with E-state index in [1.54, 1.807) is 12.1 Å². The van der Waals surface area contributed by atoms with Crippen LogP contribution in [0, 0.1) is 11.7 Å². The molecule has 1 aliphatic heterocycles. The van der Waals surface area contributed by atoms with Crippen molar-refractivity contribution in [3.05, 3.63) is 34.1 Å². The largest absolute Gasteiger partial charge is 0.466 e. The van der Waals surface area contributed by atoms with Crippen molar-refractivity contribution in [2.75, 3.05) is 32.8 Å². The zero-order valence-electron chi connectivity index (χ0n) is 15.8. The van der Waals surface area contributed by atoms with Crippen molar-refractivity contribution in [1.82, 2.24) is 10.2 Å². The predicted octanol–water partition coefficient (Wildman–Crippen LogP) is 3.99. The Labute approximate surface area is 186 Å². The molecule has 2 rings (SSSR count). The molecule has 0 aromatic heterocycles. The molecule has 0 radical (unpaired) electrons. The van der Waals surface area contributed by atoms with Crippen molar-refractivity contribution >= 4 is 51.8 Å². The average molecular weight is 556 g/mol. The highest BCUT2D eigenvalue weighted by molar-refractivity contribution is 14.0. The molecule has 1 heterocycles. The molecule has 0 spiro atoms. The Balaban J connectivity index is 0.00000364. The molecule has 1 aliphatic rings. The summed E-state index contributed by atoms with van der Waals surface area (Å²) in [5, 5.41) is 3.32. The summed E-state index contributed by atoms with van der Waals surface area (Å²) in [4.78, 5) is 18.8. The van der Waals surface area contributed by atoms with Crippen molar-refractivity contribution in [3.8, 4) is 0 Å². The number of nitrogens with zero attached hydrogens (tertiary/aromatic N) is 2. The van der Waals surface area contributed by atoms with Crippen molar-refractivity contribution < 1.29 is 13.9 Å². The molecule has 1 saturated heterocycles. The van der Waals surface area contributed by atoms with E-state index < -0.39 is 0 Å². The summed E-state index contributed by atoms with van der Waals surface area (Å²) in [7, 11) is 0. The number of ether oxygens (including phenoxy) is 1. The maximum Gasteiger partial charge on any atom is 0.309 e. The molecular formula is C19H28BrFIN3O2. The highest BCUT2D eigenvalue weighted by Crippen LogP contribution is 2.19. The van der Waals surface area contributed by atoms with Crippen LogP contribution < -0.4 is 5.32 Å². The fraction of sp³-hybridized carbons (Fsp3) is 0.579. The molecule has 1 aromatic carbocycles. The van der Waals surface area contributed by atoms with Crippen LogP contribution in [0.2, 0.25) is 0 Å². The smallest absolute Gasteiger partial charge is 0.309 e. The minimum Gasteiger partial charge on any atom is -0.466 e. The summed E-state index contributed by atoms with van der Waals surface area (Å²) >= 11 is 3.21. The van der Waals surface area contributed by atoms with E-state index in [2.05, 4.69) is 26.1 Å². The van der Waals surface area contributed by atoms with Crippen molar-refractivity contribution in [2.24, 2.45) is 10.9 Å². The van der Waals surface area contributed by atoms with E-state index in [9.17, 15) is 9.18 Å². The Morgan fingerprint density at radius 2 is 2.07 bits per heavy atom. The van der Waals surface area contributed by atoms with Gasteiger partial charge in [-0.2, -0.15) is 0 Å². The lowest BCUT2D eigenvalue weighted by atomic mass is 9.97. The number of hydrogen-bond acceptors (Lipinski definition) is 3. The van der Waals surface area contributed by atoms with Crippen molar-refractivity contribution in [1.29, 1.82) is 0 Å². The molecule has 5 nitrogen and oxygen atoms in total. The number of likely N-dealkylation sites (tertiary alicyclic amines) is 1. The SMILES string of the molecule is CCNC(=NCCc1ccc(F)c(Br)c1)N1CCC(C(=O)OCC)CC1.I. The highest BCUT2D eigenvalue weighted by atomic mass is 127. The van der Waals surface area contributed by atoms with Crippen LogP contribution in [-0.4, -0.2) is 49.6 Å². The molecule has 0 saturated carbocycles. The molecule has 0 atom stereocenters. The predicted molar refractivity (Wildman–Crippen MR) is 120 cm³/mol. The van der Waals surface area contributed by atoms with Crippen molar-refractivity contribution in [2.45, 2.75) is 33.1 Å². The molecule has 8 heteroatoms. The Bertz CT molecular complexity index is 637. The van der Waals surface area contributed by atoms with Crippen LogP contribution in [-0.2, 0) is 16.0 Å². The van der Waals surface area contributed by atoms with Crippen LogP contribution in [0.25, 0.3) is 0 Å². The number of rotatable bonds is 6. The van der Waals surface area contributed by atoms with E-state index in [4.69, 9.17) is 9.73 Å². The maximum atomic E-state index is 13.3. The van der Waals surface area contributed by atoms with Gasteiger partial charge in [-0.15, -0.1) is 24.0 Å². The van der Waals surface area contributed by atoms with Crippen LogP contribution in [0.1, 0.15) is 32.3 Å². The summed E-state index contributed by atoms with van der Waals surface area (Å²) in [5.74, 6) is 0.521. The first-order valence-electron chi connectivity index (χ1n) is 9.19. The summed E-state index contributed by atoms with van der Waals surface area (Å²) in [6.07, 6.45) is 2.31. The first-order chi connectivity index (χ1) is 12.5. The zero-order chi connectivity index (χ0) is 18.9. The van der Waals surface area contributed by atoms with Gasteiger partial charge in [-0.25, -0.2) is 4.39 Å². The van der Waals surface area contributed by atoms with E-state index in [-0.39, 0.29) is 41.7 Å². The van der Waals surface area contributed by atoms with Gasteiger partial charge >= 0.3 is 5.97 Å². The number of hydrogen-bond donors (Lipinski definition) is 1. The fourth-order valence-corrected chi connectivity index (χ4v) is 3.43.